The van der Waals surface area contributed by atoms with Crippen molar-refractivity contribution in [3.63, 3.8) is 0 Å². The number of carbonyl (C=O) groups is 1. The number of carboxylic acids is 1. The van der Waals surface area contributed by atoms with Gasteiger partial charge in [-0.1, -0.05) is 20.8 Å². The second kappa shape index (κ2) is 11.1. The van der Waals surface area contributed by atoms with Crippen LogP contribution in [0.1, 0.15) is 71.7 Å². The van der Waals surface area contributed by atoms with Crippen LogP contribution < -0.4 is 9.64 Å². The molecule has 2 aromatic rings. The zero-order valence-corrected chi connectivity index (χ0v) is 22.6. The molecule has 7 nitrogen and oxygen atoms in total. The van der Waals surface area contributed by atoms with Crippen molar-refractivity contribution < 1.29 is 23.8 Å². The molecule has 0 aromatic carbocycles. The van der Waals surface area contributed by atoms with E-state index in [4.69, 9.17) is 9.47 Å². The van der Waals surface area contributed by atoms with Gasteiger partial charge in [-0.25, -0.2) is 4.79 Å². The minimum absolute atomic E-state index is 0.195. The van der Waals surface area contributed by atoms with Crippen LogP contribution in [-0.4, -0.2) is 53.0 Å². The Morgan fingerprint density at radius 1 is 1.19 bits per heavy atom. The van der Waals surface area contributed by atoms with Gasteiger partial charge in [0.1, 0.15) is 5.75 Å². The summed E-state index contributed by atoms with van der Waals surface area (Å²) in [6.07, 6.45) is 4.17. The van der Waals surface area contributed by atoms with Crippen molar-refractivity contribution >= 4 is 11.7 Å². The standard InChI is InChI=1S/C28H40FN3O4/c1-18(14-29)17-35-20-8-9-22(31-15-20)21-16-30-19(2)23(25(26(33)34)36-27(3,4)5)24(21)32-12-10-28(6,7)11-13-32/h8-9,15-16,18,25H,10-14,17H2,1-7H3,(H,33,34)/t18?,25-/m0/s1. The lowest BCUT2D eigenvalue weighted by molar-refractivity contribution is -0.160. The van der Waals surface area contributed by atoms with Gasteiger partial charge in [0.2, 0.25) is 0 Å². The summed E-state index contributed by atoms with van der Waals surface area (Å²) in [4.78, 5) is 23.9. The molecule has 1 N–H and O–H groups in total. The fraction of sp³-hybridized carbons (Fsp3) is 0.607. The molecule has 0 amide bonds. The van der Waals surface area contributed by atoms with Gasteiger partial charge in [-0.05, 0) is 58.1 Å². The molecule has 0 saturated carbocycles. The third-order valence-electron chi connectivity index (χ3n) is 6.49. The molecule has 0 bridgehead atoms. The number of rotatable bonds is 9. The number of aliphatic carboxylic acids is 1. The molecule has 3 heterocycles. The van der Waals surface area contributed by atoms with Crippen LogP contribution in [0.25, 0.3) is 11.3 Å². The smallest absolute Gasteiger partial charge is 0.337 e. The summed E-state index contributed by atoms with van der Waals surface area (Å²) in [6.45, 7) is 15.1. The van der Waals surface area contributed by atoms with E-state index >= 15 is 0 Å². The molecule has 2 aromatic heterocycles. The molecule has 198 valence electrons. The number of alkyl halides is 1. The van der Waals surface area contributed by atoms with Crippen molar-refractivity contribution in [3.05, 3.63) is 35.8 Å². The van der Waals surface area contributed by atoms with Crippen LogP contribution in [0.5, 0.6) is 5.75 Å². The fourth-order valence-electron chi connectivity index (χ4n) is 4.28. The van der Waals surface area contributed by atoms with Crippen LogP contribution in [0.15, 0.2) is 24.5 Å². The molecule has 36 heavy (non-hydrogen) atoms. The average molecular weight is 502 g/mol. The SMILES string of the molecule is Cc1ncc(-c2ccc(OCC(C)CF)cn2)c(N2CCC(C)(C)CC2)c1[C@H](OC(C)(C)C)C(=O)O. The summed E-state index contributed by atoms with van der Waals surface area (Å²) in [5.74, 6) is -0.691. The van der Waals surface area contributed by atoms with Crippen molar-refractivity contribution in [1.82, 2.24) is 9.97 Å². The van der Waals surface area contributed by atoms with Gasteiger partial charge in [0.25, 0.3) is 0 Å². The molecule has 1 aliphatic rings. The van der Waals surface area contributed by atoms with E-state index < -0.39 is 24.3 Å². The van der Waals surface area contributed by atoms with E-state index in [-0.39, 0.29) is 17.9 Å². The Labute approximate surface area is 214 Å². The van der Waals surface area contributed by atoms with Gasteiger partial charge in [0.05, 0.1) is 36.5 Å². The average Bonchev–Trinajstić information content (AvgIpc) is 2.81. The number of halogens is 1. The van der Waals surface area contributed by atoms with Crippen LogP contribution >= 0.6 is 0 Å². The van der Waals surface area contributed by atoms with Gasteiger partial charge < -0.3 is 19.5 Å². The Hall–Kier alpha value is -2.74. The molecule has 0 aliphatic carbocycles. The van der Waals surface area contributed by atoms with E-state index in [9.17, 15) is 14.3 Å². The predicted molar refractivity (Wildman–Crippen MR) is 139 cm³/mol. The van der Waals surface area contributed by atoms with Gasteiger partial charge in [-0.2, -0.15) is 0 Å². The van der Waals surface area contributed by atoms with E-state index in [1.165, 1.54) is 0 Å². The van der Waals surface area contributed by atoms with Crippen molar-refractivity contribution in [2.75, 3.05) is 31.3 Å². The monoisotopic (exact) mass is 501 g/mol. The molecule has 1 unspecified atom stereocenters. The van der Waals surface area contributed by atoms with Crippen molar-refractivity contribution in [1.29, 1.82) is 0 Å². The maximum Gasteiger partial charge on any atom is 0.337 e. The normalized spacial score (nSPS) is 17.5. The molecule has 8 heteroatoms. The molecule has 1 aliphatic heterocycles. The molecule has 0 radical (unpaired) electrons. The van der Waals surface area contributed by atoms with Gasteiger partial charge >= 0.3 is 5.97 Å². The summed E-state index contributed by atoms with van der Waals surface area (Å²) in [5.41, 5.74) is 2.96. The summed E-state index contributed by atoms with van der Waals surface area (Å²) < 4.78 is 24.5. The van der Waals surface area contributed by atoms with Crippen molar-refractivity contribution in [3.8, 4) is 17.0 Å². The van der Waals surface area contributed by atoms with Crippen LogP contribution in [0.2, 0.25) is 0 Å². The van der Waals surface area contributed by atoms with Crippen LogP contribution in [0, 0.1) is 18.3 Å². The van der Waals surface area contributed by atoms with Crippen LogP contribution in [0.4, 0.5) is 10.1 Å². The first-order valence-electron chi connectivity index (χ1n) is 12.6. The number of ether oxygens (including phenoxy) is 2. The quantitative estimate of drug-likeness (QED) is 0.451. The maximum absolute atomic E-state index is 12.8. The van der Waals surface area contributed by atoms with Crippen molar-refractivity contribution in [2.45, 2.75) is 73.0 Å². The van der Waals surface area contributed by atoms with E-state index in [0.717, 1.165) is 37.2 Å². The first kappa shape index (κ1) is 27.8. The Kier molecular flexibility index (Phi) is 8.59. The van der Waals surface area contributed by atoms with Gasteiger partial charge in [-0.15, -0.1) is 0 Å². The highest BCUT2D eigenvalue weighted by molar-refractivity contribution is 5.85. The van der Waals surface area contributed by atoms with E-state index in [0.29, 0.717) is 22.7 Å². The molecular formula is C28H40FN3O4. The summed E-state index contributed by atoms with van der Waals surface area (Å²) in [7, 11) is 0. The molecule has 1 fully saturated rings. The largest absolute Gasteiger partial charge is 0.492 e. The highest BCUT2D eigenvalue weighted by Gasteiger charge is 2.36. The number of carboxylic acid groups (broad SMARTS) is 1. The Morgan fingerprint density at radius 3 is 2.39 bits per heavy atom. The summed E-state index contributed by atoms with van der Waals surface area (Å²) in [5, 5.41) is 10.2. The highest BCUT2D eigenvalue weighted by Crippen LogP contribution is 2.43. The maximum atomic E-state index is 12.8. The molecular weight excluding hydrogens is 461 g/mol. The number of hydrogen-bond acceptors (Lipinski definition) is 6. The zero-order valence-electron chi connectivity index (χ0n) is 22.6. The first-order chi connectivity index (χ1) is 16.8. The molecule has 0 spiro atoms. The summed E-state index contributed by atoms with van der Waals surface area (Å²) >= 11 is 0. The predicted octanol–water partition coefficient (Wildman–Crippen LogP) is 6.00. The minimum Gasteiger partial charge on any atom is -0.492 e. The lowest BCUT2D eigenvalue weighted by Gasteiger charge is -2.40. The Bertz CT molecular complexity index is 1040. The number of aromatic nitrogens is 2. The van der Waals surface area contributed by atoms with Crippen molar-refractivity contribution in [2.24, 2.45) is 11.3 Å². The number of piperidine rings is 1. The number of hydrogen-bond donors (Lipinski definition) is 1. The minimum atomic E-state index is -1.17. The van der Waals surface area contributed by atoms with E-state index in [1.54, 1.807) is 25.4 Å². The van der Waals surface area contributed by atoms with E-state index in [1.807, 2.05) is 33.8 Å². The van der Waals surface area contributed by atoms with Gasteiger partial charge in [-0.3, -0.25) is 14.4 Å². The molecule has 2 atom stereocenters. The fourth-order valence-corrected chi connectivity index (χ4v) is 4.28. The van der Waals surface area contributed by atoms with E-state index in [2.05, 4.69) is 28.7 Å². The van der Waals surface area contributed by atoms with Gasteiger partial charge in [0, 0.05) is 42.0 Å². The number of anilines is 1. The molecule has 1 saturated heterocycles. The number of aryl methyl sites for hydroxylation is 1. The van der Waals surface area contributed by atoms with Gasteiger partial charge in [0.15, 0.2) is 6.10 Å². The number of nitrogens with zero attached hydrogens (tertiary/aromatic N) is 3. The Morgan fingerprint density at radius 2 is 1.86 bits per heavy atom. The zero-order chi connectivity index (χ0) is 26.7. The lowest BCUT2D eigenvalue weighted by atomic mass is 9.82. The topological polar surface area (TPSA) is 84.8 Å². The third kappa shape index (κ3) is 6.93. The molecule has 3 rings (SSSR count). The summed E-state index contributed by atoms with van der Waals surface area (Å²) in [6, 6.07) is 3.64. The van der Waals surface area contributed by atoms with Crippen LogP contribution in [-0.2, 0) is 9.53 Å². The number of pyridine rings is 2. The second-order valence-electron chi connectivity index (χ2n) is 11.6. The lowest BCUT2D eigenvalue weighted by Crippen LogP contribution is -2.39. The Balaban J connectivity index is 2.10. The van der Waals surface area contributed by atoms with Crippen LogP contribution in [0.3, 0.4) is 0 Å². The first-order valence-corrected chi connectivity index (χ1v) is 12.6. The highest BCUT2D eigenvalue weighted by atomic mass is 19.1. The third-order valence-corrected chi connectivity index (χ3v) is 6.49. The second-order valence-corrected chi connectivity index (χ2v) is 11.6.